The summed E-state index contributed by atoms with van der Waals surface area (Å²) in [7, 11) is 3.55. The minimum Gasteiger partial charge on any atom is -0.489 e. The molecule has 1 aliphatic rings. The summed E-state index contributed by atoms with van der Waals surface area (Å²) in [6, 6.07) is 2.39. The van der Waals surface area contributed by atoms with Crippen LogP contribution in [0.2, 0.25) is 5.02 Å². The van der Waals surface area contributed by atoms with Crippen LogP contribution in [0, 0.1) is 18.6 Å². The molecule has 36 heavy (non-hydrogen) atoms. The standard InChI is InChI=1S/C24H27ClF2N8O/c1-14-22(31-32-35(14)17-4-6-28-7-5-17)15-8-21(24-18(25)11-30-34(24)12-15)36-13-20(33(2)3)23-19(27)9-16(26)10-29-23/h8-12,17,20,28H,4-7,13H2,1-3H3. The fourth-order valence-electron chi connectivity index (χ4n) is 4.61. The van der Waals surface area contributed by atoms with Crippen LogP contribution in [0.4, 0.5) is 8.78 Å². The summed E-state index contributed by atoms with van der Waals surface area (Å²) in [5, 5.41) is 17.0. The van der Waals surface area contributed by atoms with Crippen molar-refractivity contribution in [2.75, 3.05) is 33.8 Å². The molecule has 12 heteroatoms. The molecule has 4 aromatic heterocycles. The molecular formula is C24H27ClF2N8O. The van der Waals surface area contributed by atoms with E-state index in [0.29, 0.717) is 22.3 Å². The van der Waals surface area contributed by atoms with Crippen LogP contribution < -0.4 is 10.1 Å². The van der Waals surface area contributed by atoms with Crippen molar-refractivity contribution in [1.82, 2.24) is 39.8 Å². The number of rotatable bonds is 7. The number of likely N-dealkylation sites (N-methyl/N-ethyl adjacent to an activating group) is 1. The van der Waals surface area contributed by atoms with Crippen molar-refractivity contribution in [2.45, 2.75) is 31.8 Å². The number of aromatic nitrogens is 6. The fourth-order valence-corrected chi connectivity index (χ4v) is 4.83. The summed E-state index contributed by atoms with van der Waals surface area (Å²) in [5.74, 6) is -1.01. The van der Waals surface area contributed by atoms with Crippen molar-refractivity contribution in [3.8, 4) is 17.0 Å². The molecule has 1 aliphatic heterocycles. The van der Waals surface area contributed by atoms with Gasteiger partial charge in [0.05, 0.1) is 40.9 Å². The largest absolute Gasteiger partial charge is 0.489 e. The molecule has 0 spiro atoms. The highest BCUT2D eigenvalue weighted by molar-refractivity contribution is 6.34. The van der Waals surface area contributed by atoms with E-state index in [2.05, 4.69) is 25.7 Å². The first kappa shape index (κ1) is 24.5. The molecule has 1 saturated heterocycles. The minimum absolute atomic E-state index is 0.0456. The van der Waals surface area contributed by atoms with Gasteiger partial charge in [-0.05, 0) is 53.0 Å². The molecule has 5 heterocycles. The second kappa shape index (κ2) is 10.1. The Balaban J connectivity index is 1.49. The van der Waals surface area contributed by atoms with Gasteiger partial charge in [-0.2, -0.15) is 5.10 Å². The zero-order chi connectivity index (χ0) is 25.4. The normalized spacial score (nSPS) is 15.6. The summed E-state index contributed by atoms with van der Waals surface area (Å²) in [6.45, 7) is 3.95. The first-order chi connectivity index (χ1) is 17.3. The van der Waals surface area contributed by atoms with E-state index in [1.165, 1.54) is 6.20 Å². The average Bonchev–Trinajstić information content (AvgIpc) is 3.43. The second-order valence-corrected chi connectivity index (χ2v) is 9.55. The topological polar surface area (TPSA) is 85.4 Å². The maximum atomic E-state index is 14.5. The maximum absolute atomic E-state index is 14.5. The Kier molecular flexibility index (Phi) is 6.87. The molecule has 0 bridgehead atoms. The van der Waals surface area contributed by atoms with Crippen molar-refractivity contribution >= 4 is 17.1 Å². The molecule has 1 fully saturated rings. The lowest BCUT2D eigenvalue weighted by molar-refractivity contribution is 0.180. The smallest absolute Gasteiger partial charge is 0.149 e. The van der Waals surface area contributed by atoms with Crippen LogP contribution in [0.1, 0.15) is 36.3 Å². The summed E-state index contributed by atoms with van der Waals surface area (Å²) in [5.41, 5.74) is 3.11. The highest BCUT2D eigenvalue weighted by Gasteiger charge is 2.24. The third kappa shape index (κ3) is 4.65. The first-order valence-corrected chi connectivity index (χ1v) is 12.1. The molecule has 5 rings (SSSR count). The first-order valence-electron chi connectivity index (χ1n) is 11.7. The Hall–Kier alpha value is -3.15. The van der Waals surface area contributed by atoms with E-state index >= 15 is 0 Å². The van der Waals surface area contributed by atoms with Gasteiger partial charge in [0.2, 0.25) is 0 Å². The predicted molar refractivity (Wildman–Crippen MR) is 131 cm³/mol. The van der Waals surface area contributed by atoms with Crippen molar-refractivity contribution in [3.05, 3.63) is 58.8 Å². The minimum atomic E-state index is -0.733. The van der Waals surface area contributed by atoms with E-state index in [1.807, 2.05) is 23.9 Å². The molecule has 0 saturated carbocycles. The molecule has 0 aromatic carbocycles. The summed E-state index contributed by atoms with van der Waals surface area (Å²) < 4.78 is 37.7. The fraction of sp³-hybridized carbons (Fsp3) is 0.417. The van der Waals surface area contributed by atoms with E-state index in [-0.39, 0.29) is 12.3 Å². The van der Waals surface area contributed by atoms with Crippen LogP contribution in [0.25, 0.3) is 16.8 Å². The number of hydrogen-bond donors (Lipinski definition) is 1. The molecule has 1 unspecified atom stereocenters. The number of nitrogens with one attached hydrogen (secondary N) is 1. The van der Waals surface area contributed by atoms with Crippen LogP contribution in [0.15, 0.2) is 30.7 Å². The van der Waals surface area contributed by atoms with E-state index in [0.717, 1.165) is 55.1 Å². The Morgan fingerprint density at radius 1 is 1.22 bits per heavy atom. The van der Waals surface area contributed by atoms with Gasteiger partial charge in [-0.3, -0.25) is 9.88 Å². The van der Waals surface area contributed by atoms with Gasteiger partial charge in [0.25, 0.3) is 0 Å². The number of pyridine rings is 2. The van der Waals surface area contributed by atoms with E-state index in [1.54, 1.807) is 23.5 Å². The number of piperidine rings is 1. The van der Waals surface area contributed by atoms with Gasteiger partial charge in [0.15, 0.2) is 0 Å². The van der Waals surface area contributed by atoms with Crippen LogP contribution in [0.3, 0.4) is 0 Å². The Bertz CT molecular complexity index is 1380. The lowest BCUT2D eigenvalue weighted by Gasteiger charge is -2.24. The van der Waals surface area contributed by atoms with Gasteiger partial charge in [0, 0.05) is 17.8 Å². The lowest BCUT2D eigenvalue weighted by Crippen LogP contribution is -2.30. The van der Waals surface area contributed by atoms with Crippen LogP contribution in [-0.4, -0.2) is 68.3 Å². The molecule has 9 nitrogen and oxygen atoms in total. The van der Waals surface area contributed by atoms with Crippen LogP contribution in [-0.2, 0) is 0 Å². The highest BCUT2D eigenvalue weighted by atomic mass is 35.5. The maximum Gasteiger partial charge on any atom is 0.149 e. The van der Waals surface area contributed by atoms with Crippen molar-refractivity contribution in [3.63, 3.8) is 0 Å². The number of halogens is 3. The van der Waals surface area contributed by atoms with E-state index in [4.69, 9.17) is 16.3 Å². The third-order valence-electron chi connectivity index (χ3n) is 6.56. The van der Waals surface area contributed by atoms with Gasteiger partial charge < -0.3 is 10.1 Å². The summed E-state index contributed by atoms with van der Waals surface area (Å²) >= 11 is 6.42. The Labute approximate surface area is 212 Å². The Morgan fingerprint density at radius 3 is 2.72 bits per heavy atom. The SMILES string of the molecule is Cc1c(-c2cc(OCC(c3ncc(F)cc3F)N(C)C)c3c(Cl)cnn3c2)nnn1C1CCNCC1. The van der Waals surface area contributed by atoms with Gasteiger partial charge in [0.1, 0.15) is 35.2 Å². The van der Waals surface area contributed by atoms with Gasteiger partial charge in [-0.15, -0.1) is 5.10 Å². The monoisotopic (exact) mass is 516 g/mol. The molecule has 1 N–H and O–H groups in total. The zero-order valence-electron chi connectivity index (χ0n) is 20.2. The summed E-state index contributed by atoms with van der Waals surface area (Å²) in [6.07, 6.45) is 6.35. The molecular weight excluding hydrogens is 490 g/mol. The lowest BCUT2D eigenvalue weighted by atomic mass is 10.1. The quantitative estimate of drug-likeness (QED) is 0.399. The van der Waals surface area contributed by atoms with Crippen molar-refractivity contribution in [2.24, 2.45) is 0 Å². The molecule has 190 valence electrons. The number of fused-ring (bicyclic) bond motifs is 1. The van der Waals surface area contributed by atoms with Crippen LogP contribution in [0.5, 0.6) is 5.75 Å². The van der Waals surface area contributed by atoms with Crippen LogP contribution >= 0.6 is 11.6 Å². The average molecular weight is 517 g/mol. The van der Waals surface area contributed by atoms with Crippen molar-refractivity contribution < 1.29 is 13.5 Å². The molecule has 1 atom stereocenters. The third-order valence-corrected chi connectivity index (χ3v) is 6.84. The zero-order valence-corrected chi connectivity index (χ0v) is 21.0. The summed E-state index contributed by atoms with van der Waals surface area (Å²) in [4.78, 5) is 5.73. The molecule has 4 aromatic rings. The number of nitrogens with zero attached hydrogens (tertiary/aromatic N) is 7. The Morgan fingerprint density at radius 2 is 2.00 bits per heavy atom. The second-order valence-electron chi connectivity index (χ2n) is 9.14. The number of ether oxygens (including phenoxy) is 1. The van der Waals surface area contributed by atoms with Gasteiger partial charge in [-0.1, -0.05) is 16.8 Å². The van der Waals surface area contributed by atoms with Gasteiger partial charge in [-0.25, -0.2) is 18.0 Å². The molecule has 0 aliphatic carbocycles. The molecule has 0 amide bonds. The van der Waals surface area contributed by atoms with E-state index in [9.17, 15) is 8.78 Å². The number of hydrogen-bond acceptors (Lipinski definition) is 7. The highest BCUT2D eigenvalue weighted by Crippen LogP contribution is 2.34. The van der Waals surface area contributed by atoms with Crippen molar-refractivity contribution in [1.29, 1.82) is 0 Å². The molecule has 0 radical (unpaired) electrons. The van der Waals surface area contributed by atoms with Gasteiger partial charge >= 0.3 is 0 Å². The van der Waals surface area contributed by atoms with E-state index < -0.39 is 17.7 Å². The predicted octanol–water partition coefficient (Wildman–Crippen LogP) is 3.83.